The van der Waals surface area contributed by atoms with Gasteiger partial charge >= 0.3 is 11.9 Å². The van der Waals surface area contributed by atoms with E-state index in [0.29, 0.717) is 21.8 Å². The number of ketones is 1. The van der Waals surface area contributed by atoms with Crippen LogP contribution in [0.15, 0.2) is 41.8 Å². The second kappa shape index (κ2) is 9.61. The summed E-state index contributed by atoms with van der Waals surface area (Å²) in [6.45, 7) is 4.73. The highest BCUT2D eigenvalue weighted by atomic mass is 32.1. The molecule has 1 aromatic carbocycles. The molecule has 2 heterocycles. The van der Waals surface area contributed by atoms with Crippen LogP contribution in [0.4, 0.5) is 5.69 Å². The first kappa shape index (κ1) is 23.0. The highest BCUT2D eigenvalue weighted by Crippen LogP contribution is 2.22. The lowest BCUT2D eigenvalue weighted by Crippen LogP contribution is -2.25. The molecule has 2 N–H and O–H groups in total. The summed E-state index contributed by atoms with van der Waals surface area (Å²) < 4.78 is 10.1. The SMILES string of the molecule is COC(=O)c1c(C)[nH]c(C(=O)C(C)OC(=O)c2cccc(NC(=O)c3cccs3)c2)c1C. The summed E-state index contributed by atoms with van der Waals surface area (Å²) in [5, 5.41) is 4.52. The maximum atomic E-state index is 12.8. The standard InChI is InChI=1S/C23H22N2O6S/c1-12-18(23(29)30-4)13(2)24-19(12)20(26)14(3)31-22(28)15-7-5-8-16(11-15)25-21(27)17-9-6-10-32-17/h5-11,14,24H,1-4H3,(H,25,27). The normalized spacial score (nSPS) is 11.5. The van der Waals surface area contributed by atoms with Crippen molar-refractivity contribution in [1.29, 1.82) is 0 Å². The van der Waals surface area contributed by atoms with Crippen LogP contribution < -0.4 is 5.32 Å². The molecule has 9 heteroatoms. The lowest BCUT2D eigenvalue weighted by atomic mass is 10.1. The summed E-state index contributed by atoms with van der Waals surface area (Å²) >= 11 is 1.30. The molecule has 1 atom stereocenters. The fourth-order valence-electron chi connectivity index (χ4n) is 3.21. The van der Waals surface area contributed by atoms with Gasteiger partial charge in [-0.3, -0.25) is 9.59 Å². The number of anilines is 1. The van der Waals surface area contributed by atoms with Gasteiger partial charge in [-0.25, -0.2) is 9.59 Å². The zero-order valence-electron chi connectivity index (χ0n) is 18.0. The van der Waals surface area contributed by atoms with Gasteiger partial charge < -0.3 is 19.8 Å². The number of thiophene rings is 1. The van der Waals surface area contributed by atoms with Gasteiger partial charge in [0.2, 0.25) is 5.78 Å². The first-order chi connectivity index (χ1) is 15.2. The summed E-state index contributed by atoms with van der Waals surface area (Å²) in [5.41, 5.74) is 1.99. The predicted octanol–water partition coefficient (Wildman–Crippen LogP) is 4.16. The minimum absolute atomic E-state index is 0.181. The van der Waals surface area contributed by atoms with E-state index >= 15 is 0 Å². The lowest BCUT2D eigenvalue weighted by molar-refractivity contribution is 0.0316. The van der Waals surface area contributed by atoms with Crippen LogP contribution in [0.25, 0.3) is 0 Å². The Hall–Kier alpha value is -3.72. The van der Waals surface area contributed by atoms with Crippen LogP contribution in [0.5, 0.6) is 0 Å². The molecule has 166 valence electrons. The molecule has 0 saturated carbocycles. The van der Waals surface area contributed by atoms with Gasteiger partial charge in [0, 0.05) is 11.4 Å². The highest BCUT2D eigenvalue weighted by Gasteiger charge is 2.27. The molecule has 0 aliphatic rings. The van der Waals surface area contributed by atoms with Crippen molar-refractivity contribution < 1.29 is 28.7 Å². The van der Waals surface area contributed by atoms with Crippen LogP contribution in [-0.4, -0.2) is 41.8 Å². The Morgan fingerprint density at radius 1 is 1.06 bits per heavy atom. The first-order valence-electron chi connectivity index (χ1n) is 9.70. The maximum absolute atomic E-state index is 12.8. The minimum Gasteiger partial charge on any atom is -0.465 e. The van der Waals surface area contributed by atoms with Crippen molar-refractivity contribution in [2.75, 3.05) is 12.4 Å². The third kappa shape index (κ3) is 4.78. The largest absolute Gasteiger partial charge is 0.465 e. The second-order valence-corrected chi connectivity index (χ2v) is 7.99. The number of amides is 1. The number of rotatable bonds is 7. The van der Waals surface area contributed by atoms with E-state index in [-0.39, 0.29) is 22.7 Å². The molecule has 0 aliphatic heterocycles. The monoisotopic (exact) mass is 454 g/mol. The molecule has 0 saturated heterocycles. The van der Waals surface area contributed by atoms with Gasteiger partial charge in [0.05, 0.1) is 28.8 Å². The molecule has 1 unspecified atom stereocenters. The van der Waals surface area contributed by atoms with Crippen molar-refractivity contribution in [3.05, 3.63) is 74.7 Å². The van der Waals surface area contributed by atoms with E-state index in [2.05, 4.69) is 10.3 Å². The second-order valence-electron chi connectivity index (χ2n) is 7.04. The van der Waals surface area contributed by atoms with E-state index in [1.54, 1.807) is 43.5 Å². The smallest absolute Gasteiger partial charge is 0.339 e. The highest BCUT2D eigenvalue weighted by molar-refractivity contribution is 7.12. The molecule has 3 rings (SSSR count). The van der Waals surface area contributed by atoms with E-state index in [1.165, 1.54) is 37.5 Å². The van der Waals surface area contributed by atoms with Crippen LogP contribution in [0, 0.1) is 13.8 Å². The van der Waals surface area contributed by atoms with Crippen molar-refractivity contribution in [2.45, 2.75) is 26.9 Å². The molecule has 1 amide bonds. The van der Waals surface area contributed by atoms with Crippen molar-refractivity contribution in [2.24, 2.45) is 0 Å². The number of Topliss-reactive ketones (excluding diaryl/α,β-unsaturated/α-hetero) is 1. The zero-order valence-corrected chi connectivity index (χ0v) is 18.8. The third-order valence-electron chi connectivity index (χ3n) is 4.83. The third-order valence-corrected chi connectivity index (χ3v) is 5.70. The lowest BCUT2D eigenvalue weighted by Gasteiger charge is -2.13. The van der Waals surface area contributed by atoms with E-state index in [4.69, 9.17) is 9.47 Å². The number of methoxy groups -OCH3 is 1. The van der Waals surface area contributed by atoms with Crippen LogP contribution in [0.3, 0.4) is 0 Å². The number of hydrogen-bond acceptors (Lipinski definition) is 7. The van der Waals surface area contributed by atoms with Crippen molar-refractivity contribution in [3.63, 3.8) is 0 Å². The Balaban J connectivity index is 1.71. The quantitative estimate of drug-likeness (QED) is 0.409. The summed E-state index contributed by atoms with van der Waals surface area (Å²) in [6, 6.07) is 9.73. The van der Waals surface area contributed by atoms with E-state index in [9.17, 15) is 19.2 Å². The van der Waals surface area contributed by atoms with Gasteiger partial charge in [-0.2, -0.15) is 0 Å². The molecule has 32 heavy (non-hydrogen) atoms. The number of carbonyl (C=O) groups is 4. The van der Waals surface area contributed by atoms with Crippen LogP contribution >= 0.6 is 11.3 Å². The van der Waals surface area contributed by atoms with Gasteiger partial charge in [-0.05, 0) is 56.0 Å². The van der Waals surface area contributed by atoms with Gasteiger partial charge in [-0.15, -0.1) is 11.3 Å². The van der Waals surface area contributed by atoms with E-state index < -0.39 is 23.8 Å². The molecule has 0 aliphatic carbocycles. The number of hydrogen-bond donors (Lipinski definition) is 2. The first-order valence-corrected chi connectivity index (χ1v) is 10.6. The Morgan fingerprint density at radius 2 is 1.81 bits per heavy atom. The fourth-order valence-corrected chi connectivity index (χ4v) is 3.83. The number of benzene rings is 1. The number of aromatic nitrogens is 1. The zero-order chi connectivity index (χ0) is 23.4. The summed E-state index contributed by atoms with van der Waals surface area (Å²) in [6.07, 6.45) is -1.10. The van der Waals surface area contributed by atoms with E-state index in [0.717, 1.165) is 0 Å². The summed E-state index contributed by atoms with van der Waals surface area (Å²) in [5.74, 6) is -2.03. The number of nitrogens with one attached hydrogen (secondary N) is 2. The summed E-state index contributed by atoms with van der Waals surface area (Å²) in [4.78, 5) is 53.0. The minimum atomic E-state index is -1.10. The maximum Gasteiger partial charge on any atom is 0.339 e. The molecule has 8 nitrogen and oxygen atoms in total. The number of ether oxygens (including phenoxy) is 2. The van der Waals surface area contributed by atoms with Gasteiger partial charge in [-0.1, -0.05) is 12.1 Å². The molecule has 0 bridgehead atoms. The topological polar surface area (TPSA) is 115 Å². The molecular weight excluding hydrogens is 432 g/mol. The molecule has 2 aromatic heterocycles. The Kier molecular flexibility index (Phi) is 6.89. The summed E-state index contributed by atoms with van der Waals surface area (Å²) in [7, 11) is 1.26. The Morgan fingerprint density at radius 3 is 2.47 bits per heavy atom. The van der Waals surface area contributed by atoms with Crippen LogP contribution in [0.2, 0.25) is 0 Å². The number of aryl methyl sites for hydroxylation is 1. The number of aromatic amines is 1. The Labute approximate surface area is 188 Å². The van der Waals surface area contributed by atoms with Crippen molar-refractivity contribution >= 4 is 40.7 Å². The van der Waals surface area contributed by atoms with Crippen LogP contribution in [0.1, 0.15) is 59.1 Å². The molecule has 0 spiro atoms. The van der Waals surface area contributed by atoms with Crippen molar-refractivity contribution in [3.8, 4) is 0 Å². The predicted molar refractivity (Wildman–Crippen MR) is 120 cm³/mol. The Bertz CT molecular complexity index is 1180. The van der Waals surface area contributed by atoms with Gasteiger partial charge in [0.1, 0.15) is 0 Å². The van der Waals surface area contributed by atoms with Gasteiger partial charge in [0.15, 0.2) is 6.10 Å². The van der Waals surface area contributed by atoms with Crippen LogP contribution in [-0.2, 0) is 9.47 Å². The number of carbonyl (C=O) groups excluding carboxylic acids is 4. The average molecular weight is 455 g/mol. The number of esters is 2. The van der Waals surface area contributed by atoms with Crippen molar-refractivity contribution in [1.82, 2.24) is 4.98 Å². The van der Waals surface area contributed by atoms with E-state index in [1.807, 2.05) is 0 Å². The average Bonchev–Trinajstić information content (AvgIpc) is 3.41. The number of H-pyrrole nitrogens is 1. The molecule has 0 fully saturated rings. The van der Waals surface area contributed by atoms with Gasteiger partial charge in [0.25, 0.3) is 5.91 Å². The fraction of sp³-hybridized carbons (Fsp3) is 0.217. The molecule has 3 aromatic rings. The molecule has 0 radical (unpaired) electrons. The molecular formula is C23H22N2O6S.